The maximum Gasteiger partial charge on any atom is 0.123 e. The Morgan fingerprint density at radius 2 is 1.57 bits per heavy atom. The molecule has 0 aliphatic heterocycles. The molecule has 0 N–H and O–H groups in total. The van der Waals surface area contributed by atoms with Crippen LogP contribution in [0.4, 0.5) is 4.39 Å². The van der Waals surface area contributed by atoms with E-state index >= 15 is 0 Å². The van der Waals surface area contributed by atoms with Gasteiger partial charge in [-0.15, -0.1) is 0 Å². The normalized spacial score (nSPS) is 16.8. The Kier molecular flexibility index (Phi) is 2.97. The van der Waals surface area contributed by atoms with Crippen LogP contribution in [0.15, 0.2) is 29.8 Å². The van der Waals surface area contributed by atoms with Gasteiger partial charge in [-0.05, 0) is 43.4 Å². The molecule has 1 aromatic carbocycles. The average molecular weight is 190 g/mol. The summed E-state index contributed by atoms with van der Waals surface area (Å²) < 4.78 is 12.6. The number of hydrogen-bond acceptors (Lipinski definition) is 0. The molecule has 2 rings (SSSR count). The molecular weight excluding hydrogens is 175 g/mol. The zero-order valence-corrected chi connectivity index (χ0v) is 8.30. The summed E-state index contributed by atoms with van der Waals surface area (Å²) in [5.74, 6) is -0.157. The van der Waals surface area contributed by atoms with Crippen molar-refractivity contribution in [2.75, 3.05) is 0 Å². The summed E-state index contributed by atoms with van der Waals surface area (Å²) in [7, 11) is 0. The molecule has 0 radical (unpaired) electrons. The lowest BCUT2D eigenvalue weighted by atomic mass is 9.93. The van der Waals surface area contributed by atoms with Gasteiger partial charge in [0, 0.05) is 0 Å². The summed E-state index contributed by atoms with van der Waals surface area (Å²) in [6.45, 7) is 0. The number of halogens is 1. The van der Waals surface area contributed by atoms with Crippen molar-refractivity contribution in [2.45, 2.75) is 32.1 Å². The van der Waals surface area contributed by atoms with Crippen LogP contribution in [0.5, 0.6) is 0 Å². The zero-order chi connectivity index (χ0) is 9.80. The van der Waals surface area contributed by atoms with Crippen molar-refractivity contribution in [3.63, 3.8) is 0 Å². The van der Waals surface area contributed by atoms with E-state index in [0.717, 1.165) is 5.56 Å². The van der Waals surface area contributed by atoms with Gasteiger partial charge in [-0.3, -0.25) is 0 Å². The highest BCUT2D eigenvalue weighted by molar-refractivity contribution is 5.52. The molecule has 1 aromatic rings. The lowest BCUT2D eigenvalue weighted by Gasteiger charge is -2.13. The molecule has 14 heavy (non-hydrogen) atoms. The predicted octanol–water partition coefficient (Wildman–Crippen LogP) is 4.17. The topological polar surface area (TPSA) is 0 Å². The van der Waals surface area contributed by atoms with Gasteiger partial charge in [0.1, 0.15) is 5.82 Å². The van der Waals surface area contributed by atoms with Crippen LogP contribution in [0.25, 0.3) is 6.08 Å². The van der Waals surface area contributed by atoms with Crippen molar-refractivity contribution in [3.05, 3.63) is 41.2 Å². The Bertz CT molecular complexity index is 314. The molecule has 0 spiro atoms. The molecule has 1 aliphatic rings. The molecule has 0 amide bonds. The minimum Gasteiger partial charge on any atom is -0.207 e. The third-order valence-corrected chi connectivity index (χ3v) is 2.74. The summed E-state index contributed by atoms with van der Waals surface area (Å²) in [5.41, 5.74) is 2.64. The molecule has 0 aromatic heterocycles. The van der Waals surface area contributed by atoms with Crippen molar-refractivity contribution in [1.82, 2.24) is 0 Å². The molecule has 0 bridgehead atoms. The van der Waals surface area contributed by atoms with Crippen molar-refractivity contribution in [2.24, 2.45) is 0 Å². The molecule has 1 saturated carbocycles. The van der Waals surface area contributed by atoms with Crippen molar-refractivity contribution in [1.29, 1.82) is 0 Å². The minimum atomic E-state index is -0.157. The first-order chi connectivity index (χ1) is 6.84. The van der Waals surface area contributed by atoms with E-state index in [1.54, 1.807) is 0 Å². The highest BCUT2D eigenvalue weighted by Crippen LogP contribution is 2.24. The molecule has 1 aliphatic carbocycles. The van der Waals surface area contributed by atoms with Gasteiger partial charge in [0.05, 0.1) is 0 Å². The molecule has 1 heteroatoms. The van der Waals surface area contributed by atoms with Crippen LogP contribution in [-0.2, 0) is 0 Å². The van der Waals surface area contributed by atoms with Crippen LogP contribution in [0.1, 0.15) is 37.7 Å². The Morgan fingerprint density at radius 1 is 0.929 bits per heavy atom. The van der Waals surface area contributed by atoms with E-state index < -0.39 is 0 Å². The summed E-state index contributed by atoms with van der Waals surface area (Å²) in [4.78, 5) is 0. The quantitative estimate of drug-likeness (QED) is 0.623. The molecule has 0 nitrogen and oxygen atoms in total. The average Bonchev–Trinajstić information content (AvgIpc) is 2.23. The lowest BCUT2D eigenvalue weighted by molar-refractivity contribution is 0.602. The van der Waals surface area contributed by atoms with Gasteiger partial charge in [0.15, 0.2) is 0 Å². The molecule has 0 unspecified atom stereocenters. The number of benzene rings is 1. The third kappa shape index (κ3) is 2.44. The van der Waals surface area contributed by atoms with E-state index in [1.807, 2.05) is 12.1 Å². The second-order valence-corrected chi connectivity index (χ2v) is 3.91. The van der Waals surface area contributed by atoms with Crippen LogP contribution in [0.2, 0.25) is 0 Å². The maximum absolute atomic E-state index is 12.6. The molecule has 0 atom stereocenters. The zero-order valence-electron chi connectivity index (χ0n) is 8.30. The van der Waals surface area contributed by atoms with Gasteiger partial charge < -0.3 is 0 Å². The first kappa shape index (κ1) is 9.45. The largest absolute Gasteiger partial charge is 0.207 e. The van der Waals surface area contributed by atoms with Crippen LogP contribution < -0.4 is 0 Å². The van der Waals surface area contributed by atoms with Crippen molar-refractivity contribution in [3.8, 4) is 0 Å². The number of hydrogen-bond donors (Lipinski definition) is 0. The Morgan fingerprint density at radius 3 is 2.21 bits per heavy atom. The standard InChI is InChI=1S/C13H15F/c14-13-8-6-12(7-9-13)10-11-4-2-1-3-5-11/h6-10H,1-5H2. The van der Waals surface area contributed by atoms with E-state index in [1.165, 1.54) is 49.8 Å². The molecule has 74 valence electrons. The summed E-state index contributed by atoms with van der Waals surface area (Å²) >= 11 is 0. The van der Waals surface area contributed by atoms with Gasteiger partial charge >= 0.3 is 0 Å². The van der Waals surface area contributed by atoms with Crippen LogP contribution in [0.3, 0.4) is 0 Å². The number of rotatable bonds is 1. The highest BCUT2D eigenvalue weighted by atomic mass is 19.1. The summed E-state index contributed by atoms with van der Waals surface area (Å²) in [6, 6.07) is 6.73. The van der Waals surface area contributed by atoms with Crippen molar-refractivity contribution >= 4 is 6.08 Å². The first-order valence-corrected chi connectivity index (χ1v) is 5.29. The van der Waals surface area contributed by atoms with E-state index in [0.29, 0.717) is 0 Å². The minimum absolute atomic E-state index is 0.157. The highest BCUT2D eigenvalue weighted by Gasteiger charge is 2.04. The summed E-state index contributed by atoms with van der Waals surface area (Å²) in [5, 5.41) is 0. The fourth-order valence-electron chi connectivity index (χ4n) is 1.94. The number of allylic oxidation sites excluding steroid dienone is 1. The Hall–Kier alpha value is -1.11. The predicted molar refractivity (Wildman–Crippen MR) is 57.5 cm³/mol. The molecule has 0 saturated heterocycles. The first-order valence-electron chi connectivity index (χ1n) is 5.29. The fourth-order valence-corrected chi connectivity index (χ4v) is 1.94. The lowest BCUT2D eigenvalue weighted by Crippen LogP contribution is -1.93. The van der Waals surface area contributed by atoms with Gasteiger partial charge in [-0.25, -0.2) is 4.39 Å². The van der Waals surface area contributed by atoms with E-state index in [2.05, 4.69) is 6.08 Å². The summed E-state index contributed by atoms with van der Waals surface area (Å²) in [6.07, 6.45) is 8.63. The second-order valence-electron chi connectivity index (χ2n) is 3.91. The second kappa shape index (κ2) is 4.41. The molecular formula is C13H15F. The molecule has 1 fully saturated rings. The van der Waals surface area contributed by atoms with E-state index in [-0.39, 0.29) is 5.82 Å². The monoisotopic (exact) mass is 190 g/mol. The Labute approximate surface area is 84.5 Å². The Balaban J connectivity index is 2.11. The third-order valence-electron chi connectivity index (χ3n) is 2.74. The smallest absolute Gasteiger partial charge is 0.123 e. The van der Waals surface area contributed by atoms with E-state index in [4.69, 9.17) is 0 Å². The van der Waals surface area contributed by atoms with Gasteiger partial charge in [0.2, 0.25) is 0 Å². The fraction of sp³-hybridized carbons (Fsp3) is 0.385. The maximum atomic E-state index is 12.6. The SMILES string of the molecule is Fc1ccc(C=C2CCCCC2)cc1. The van der Waals surface area contributed by atoms with Gasteiger partial charge in [0.25, 0.3) is 0 Å². The molecule has 0 heterocycles. The van der Waals surface area contributed by atoms with Crippen LogP contribution >= 0.6 is 0 Å². The van der Waals surface area contributed by atoms with Crippen LogP contribution in [-0.4, -0.2) is 0 Å². The van der Waals surface area contributed by atoms with Crippen molar-refractivity contribution < 1.29 is 4.39 Å². The van der Waals surface area contributed by atoms with E-state index in [9.17, 15) is 4.39 Å². The van der Waals surface area contributed by atoms with Gasteiger partial charge in [-0.2, -0.15) is 0 Å². The van der Waals surface area contributed by atoms with Gasteiger partial charge in [-0.1, -0.05) is 30.2 Å². The van der Waals surface area contributed by atoms with Crippen LogP contribution in [0, 0.1) is 5.82 Å².